The van der Waals surface area contributed by atoms with Gasteiger partial charge in [0.2, 0.25) is 11.8 Å². The van der Waals surface area contributed by atoms with Crippen molar-refractivity contribution in [1.82, 2.24) is 10.2 Å². The van der Waals surface area contributed by atoms with E-state index in [1.54, 1.807) is 4.90 Å². The molecule has 1 aromatic rings. The molecule has 0 spiro atoms. The molecular formula is C21H30N2O3. The highest BCUT2D eigenvalue weighted by atomic mass is 16.5. The Kier molecular flexibility index (Phi) is 5.84. The summed E-state index contributed by atoms with van der Waals surface area (Å²) >= 11 is 0. The van der Waals surface area contributed by atoms with E-state index >= 15 is 0 Å². The highest BCUT2D eigenvalue weighted by Crippen LogP contribution is 2.33. The number of benzene rings is 1. The van der Waals surface area contributed by atoms with Crippen LogP contribution in [0.4, 0.5) is 0 Å². The minimum atomic E-state index is -0.757. The third kappa shape index (κ3) is 4.02. The number of ether oxygens (including phenoxy) is 1. The van der Waals surface area contributed by atoms with Gasteiger partial charge in [-0.05, 0) is 50.8 Å². The van der Waals surface area contributed by atoms with E-state index < -0.39 is 5.54 Å². The molecule has 5 nitrogen and oxygen atoms in total. The molecule has 26 heavy (non-hydrogen) atoms. The Morgan fingerprint density at radius 3 is 2.58 bits per heavy atom. The molecule has 2 amide bonds. The van der Waals surface area contributed by atoms with Gasteiger partial charge in [0, 0.05) is 19.0 Å². The molecule has 0 unspecified atom stereocenters. The third-order valence-electron chi connectivity index (χ3n) is 5.73. The van der Waals surface area contributed by atoms with Crippen LogP contribution in [0.2, 0.25) is 0 Å². The monoisotopic (exact) mass is 358 g/mol. The molecule has 2 fully saturated rings. The van der Waals surface area contributed by atoms with E-state index in [1.165, 1.54) is 19.3 Å². The van der Waals surface area contributed by atoms with Crippen molar-refractivity contribution in [2.45, 2.75) is 76.9 Å². The fourth-order valence-corrected chi connectivity index (χ4v) is 4.02. The lowest BCUT2D eigenvalue weighted by molar-refractivity contribution is -0.141. The van der Waals surface area contributed by atoms with Crippen LogP contribution in [0.1, 0.15) is 64.4 Å². The van der Waals surface area contributed by atoms with Gasteiger partial charge in [-0.1, -0.05) is 31.4 Å². The zero-order valence-corrected chi connectivity index (χ0v) is 15.9. The van der Waals surface area contributed by atoms with Crippen LogP contribution in [0.25, 0.3) is 0 Å². The number of likely N-dealkylation sites (tertiary alicyclic amines) is 1. The lowest BCUT2D eigenvalue weighted by atomic mass is 9.92. The average Bonchev–Trinajstić information content (AvgIpc) is 2.94. The molecule has 1 saturated carbocycles. The zero-order valence-electron chi connectivity index (χ0n) is 15.9. The molecule has 0 radical (unpaired) electrons. The van der Waals surface area contributed by atoms with Crippen LogP contribution in [-0.4, -0.2) is 34.9 Å². The van der Waals surface area contributed by atoms with Crippen molar-refractivity contribution in [3.05, 3.63) is 29.8 Å². The molecule has 142 valence electrons. The molecule has 1 heterocycles. The maximum Gasteiger partial charge on any atom is 0.245 e. The van der Waals surface area contributed by atoms with Gasteiger partial charge in [0.05, 0.1) is 6.61 Å². The summed E-state index contributed by atoms with van der Waals surface area (Å²) in [5.41, 5.74) is 0.257. The molecule has 2 aliphatic rings. The van der Waals surface area contributed by atoms with Crippen molar-refractivity contribution in [3.8, 4) is 5.75 Å². The molecule has 1 atom stereocenters. The van der Waals surface area contributed by atoms with Crippen LogP contribution in [0.5, 0.6) is 5.75 Å². The first-order chi connectivity index (χ1) is 12.5. The highest BCUT2D eigenvalue weighted by Gasteiger charge is 2.47. The molecule has 1 saturated heterocycles. The molecule has 1 N–H and O–H groups in total. The first-order valence-corrected chi connectivity index (χ1v) is 9.86. The summed E-state index contributed by atoms with van der Waals surface area (Å²) in [5, 5.41) is 3.21. The quantitative estimate of drug-likeness (QED) is 0.848. The number of nitrogens with one attached hydrogen (secondary N) is 1. The standard InChI is InChI=1S/C21H30N2O3/c1-3-26-18-11-9-16(10-12-18)15-23-19(24)13-14-21(23,2)20(25)22-17-7-5-4-6-8-17/h9-12,17H,3-8,13-15H2,1-2H3,(H,22,25)/t21-/m0/s1. The molecule has 5 heteroatoms. The summed E-state index contributed by atoms with van der Waals surface area (Å²) in [6, 6.07) is 8.03. The summed E-state index contributed by atoms with van der Waals surface area (Å²) in [6.07, 6.45) is 6.73. The van der Waals surface area contributed by atoms with Crippen molar-refractivity contribution in [2.75, 3.05) is 6.61 Å². The SMILES string of the molecule is CCOc1ccc(CN2C(=O)CC[C@@]2(C)C(=O)NC2CCCCC2)cc1. The molecule has 1 aliphatic heterocycles. The van der Waals surface area contributed by atoms with E-state index in [2.05, 4.69) is 5.32 Å². The van der Waals surface area contributed by atoms with Gasteiger partial charge in [-0.2, -0.15) is 0 Å². The van der Waals surface area contributed by atoms with E-state index in [0.717, 1.165) is 24.2 Å². The highest BCUT2D eigenvalue weighted by molar-refractivity contribution is 5.94. The predicted octanol–water partition coefficient (Wildman–Crippen LogP) is 3.42. The molecule has 0 aromatic heterocycles. The van der Waals surface area contributed by atoms with Gasteiger partial charge in [0.15, 0.2) is 0 Å². The smallest absolute Gasteiger partial charge is 0.245 e. The summed E-state index contributed by atoms with van der Waals surface area (Å²) in [6.45, 7) is 4.95. The first kappa shape index (κ1) is 18.7. The number of carbonyl (C=O) groups is 2. The van der Waals surface area contributed by atoms with Crippen molar-refractivity contribution in [2.24, 2.45) is 0 Å². The zero-order chi connectivity index (χ0) is 18.6. The number of hydrogen-bond donors (Lipinski definition) is 1. The normalized spacial score (nSPS) is 23.9. The Hall–Kier alpha value is -2.04. The second kappa shape index (κ2) is 8.11. The minimum Gasteiger partial charge on any atom is -0.494 e. The van der Waals surface area contributed by atoms with Gasteiger partial charge in [-0.15, -0.1) is 0 Å². The fraction of sp³-hybridized carbons (Fsp3) is 0.619. The number of carbonyl (C=O) groups excluding carboxylic acids is 2. The van der Waals surface area contributed by atoms with Gasteiger partial charge < -0.3 is 15.0 Å². The van der Waals surface area contributed by atoms with Crippen LogP contribution in [0, 0.1) is 0 Å². The number of nitrogens with zero attached hydrogens (tertiary/aromatic N) is 1. The Bertz CT molecular complexity index is 637. The Balaban J connectivity index is 1.69. The van der Waals surface area contributed by atoms with Gasteiger partial charge in [-0.25, -0.2) is 0 Å². The Morgan fingerprint density at radius 1 is 1.23 bits per heavy atom. The van der Waals surface area contributed by atoms with Crippen LogP contribution in [0.15, 0.2) is 24.3 Å². The van der Waals surface area contributed by atoms with E-state index in [0.29, 0.717) is 26.0 Å². The van der Waals surface area contributed by atoms with Gasteiger partial charge in [0.25, 0.3) is 0 Å². The molecule has 0 bridgehead atoms. The van der Waals surface area contributed by atoms with Gasteiger partial charge >= 0.3 is 0 Å². The first-order valence-electron chi connectivity index (χ1n) is 9.86. The Labute approximate surface area is 156 Å². The maximum atomic E-state index is 13.0. The van der Waals surface area contributed by atoms with Crippen LogP contribution < -0.4 is 10.1 Å². The van der Waals surface area contributed by atoms with E-state index in [1.807, 2.05) is 38.1 Å². The summed E-state index contributed by atoms with van der Waals surface area (Å²) in [7, 11) is 0. The predicted molar refractivity (Wildman–Crippen MR) is 101 cm³/mol. The second-order valence-electron chi connectivity index (χ2n) is 7.64. The largest absolute Gasteiger partial charge is 0.494 e. The van der Waals surface area contributed by atoms with Crippen LogP contribution >= 0.6 is 0 Å². The van der Waals surface area contributed by atoms with Crippen LogP contribution in [0.3, 0.4) is 0 Å². The van der Waals surface area contributed by atoms with Crippen molar-refractivity contribution < 1.29 is 14.3 Å². The maximum absolute atomic E-state index is 13.0. The van der Waals surface area contributed by atoms with E-state index in [9.17, 15) is 9.59 Å². The van der Waals surface area contributed by atoms with Crippen molar-refractivity contribution in [1.29, 1.82) is 0 Å². The minimum absolute atomic E-state index is 0.00110. The molecule has 3 rings (SSSR count). The van der Waals surface area contributed by atoms with E-state index in [-0.39, 0.29) is 17.9 Å². The van der Waals surface area contributed by atoms with Crippen molar-refractivity contribution in [3.63, 3.8) is 0 Å². The number of hydrogen-bond acceptors (Lipinski definition) is 3. The molecule has 1 aromatic carbocycles. The average molecular weight is 358 g/mol. The van der Waals surface area contributed by atoms with E-state index in [4.69, 9.17) is 4.74 Å². The lowest BCUT2D eigenvalue weighted by Crippen LogP contribution is -2.56. The Morgan fingerprint density at radius 2 is 1.92 bits per heavy atom. The number of rotatable bonds is 6. The summed E-state index contributed by atoms with van der Waals surface area (Å²) < 4.78 is 5.47. The third-order valence-corrected chi connectivity index (χ3v) is 5.73. The fourth-order valence-electron chi connectivity index (χ4n) is 4.02. The second-order valence-corrected chi connectivity index (χ2v) is 7.64. The van der Waals surface area contributed by atoms with Crippen molar-refractivity contribution >= 4 is 11.8 Å². The van der Waals surface area contributed by atoms with Gasteiger partial charge in [0.1, 0.15) is 11.3 Å². The molecular weight excluding hydrogens is 328 g/mol. The summed E-state index contributed by atoms with van der Waals surface area (Å²) in [5.74, 6) is 0.878. The number of amides is 2. The lowest BCUT2D eigenvalue weighted by Gasteiger charge is -2.36. The summed E-state index contributed by atoms with van der Waals surface area (Å²) in [4.78, 5) is 27.2. The molecule has 1 aliphatic carbocycles. The van der Waals surface area contributed by atoms with Gasteiger partial charge in [-0.3, -0.25) is 9.59 Å². The topological polar surface area (TPSA) is 58.6 Å². The van der Waals surface area contributed by atoms with Crippen LogP contribution in [-0.2, 0) is 16.1 Å².